The van der Waals surface area contributed by atoms with Crippen LogP contribution in [0.2, 0.25) is 5.02 Å². The number of pyridine rings is 1. The summed E-state index contributed by atoms with van der Waals surface area (Å²) in [6.07, 6.45) is 0.110. The summed E-state index contributed by atoms with van der Waals surface area (Å²) in [6.45, 7) is 3.96. The van der Waals surface area contributed by atoms with Gasteiger partial charge >= 0.3 is 0 Å². The van der Waals surface area contributed by atoms with Crippen molar-refractivity contribution in [1.29, 1.82) is 0 Å². The molecule has 2 aromatic rings. The van der Waals surface area contributed by atoms with Crippen LogP contribution in [0.15, 0.2) is 35.1 Å². The van der Waals surface area contributed by atoms with Crippen LogP contribution in [0.4, 0.5) is 0 Å². The maximum absolute atomic E-state index is 12.0. The van der Waals surface area contributed by atoms with E-state index in [1.165, 1.54) is 0 Å². The molecule has 3 N–H and O–H groups in total. The smallest absolute Gasteiger partial charge is 0.253 e. The second-order valence-electron chi connectivity index (χ2n) is 5.71. The standard InChI is InChI=1S/C18H20ClN3O3/c1-11-9-12(2)22-18(25)14(11)10-21-16(23)7-8-20-17(24)13-5-3-4-6-15(13)19/h3-6,9H,7-8,10H2,1-2H3,(H,20,24)(H,21,23)(H,22,25). The Morgan fingerprint density at radius 2 is 1.88 bits per heavy atom. The van der Waals surface area contributed by atoms with Gasteiger partial charge in [0.15, 0.2) is 0 Å². The summed E-state index contributed by atoms with van der Waals surface area (Å²) in [5, 5.41) is 5.70. The van der Waals surface area contributed by atoms with Gasteiger partial charge in [0.1, 0.15) is 0 Å². The van der Waals surface area contributed by atoms with Gasteiger partial charge in [-0.25, -0.2) is 0 Å². The first-order valence-corrected chi connectivity index (χ1v) is 8.25. The summed E-state index contributed by atoms with van der Waals surface area (Å²) in [4.78, 5) is 38.5. The van der Waals surface area contributed by atoms with Gasteiger partial charge in [0.25, 0.3) is 11.5 Å². The molecule has 0 fully saturated rings. The third-order valence-electron chi connectivity index (χ3n) is 3.71. The molecule has 1 aromatic carbocycles. The van der Waals surface area contributed by atoms with Crippen molar-refractivity contribution in [3.8, 4) is 0 Å². The number of hydrogen-bond donors (Lipinski definition) is 3. The van der Waals surface area contributed by atoms with Crippen LogP contribution in [-0.4, -0.2) is 23.3 Å². The molecule has 2 amide bonds. The summed E-state index contributed by atoms with van der Waals surface area (Å²) in [6, 6.07) is 8.55. The Morgan fingerprint density at radius 3 is 2.56 bits per heavy atom. The molecule has 0 bridgehead atoms. The number of halogens is 1. The van der Waals surface area contributed by atoms with Crippen LogP contribution in [0.5, 0.6) is 0 Å². The molecule has 0 aliphatic heterocycles. The average Bonchev–Trinajstić information content (AvgIpc) is 2.54. The highest BCUT2D eigenvalue weighted by molar-refractivity contribution is 6.33. The number of carbonyl (C=O) groups excluding carboxylic acids is 2. The first-order chi connectivity index (χ1) is 11.9. The largest absolute Gasteiger partial charge is 0.352 e. The Hall–Kier alpha value is -2.60. The molecule has 1 heterocycles. The van der Waals surface area contributed by atoms with Gasteiger partial charge in [0, 0.05) is 30.8 Å². The van der Waals surface area contributed by atoms with Crippen molar-refractivity contribution in [3.63, 3.8) is 0 Å². The third-order valence-corrected chi connectivity index (χ3v) is 4.04. The number of nitrogens with one attached hydrogen (secondary N) is 3. The van der Waals surface area contributed by atoms with Gasteiger partial charge < -0.3 is 15.6 Å². The lowest BCUT2D eigenvalue weighted by atomic mass is 10.1. The highest BCUT2D eigenvalue weighted by atomic mass is 35.5. The summed E-state index contributed by atoms with van der Waals surface area (Å²) >= 11 is 5.95. The Kier molecular flexibility index (Phi) is 6.36. The van der Waals surface area contributed by atoms with Crippen molar-refractivity contribution in [1.82, 2.24) is 15.6 Å². The zero-order chi connectivity index (χ0) is 18.4. The minimum absolute atomic E-state index is 0.110. The minimum atomic E-state index is -0.329. The monoisotopic (exact) mass is 361 g/mol. The second-order valence-corrected chi connectivity index (χ2v) is 6.11. The first-order valence-electron chi connectivity index (χ1n) is 7.87. The van der Waals surface area contributed by atoms with Crippen molar-refractivity contribution >= 4 is 23.4 Å². The number of amides is 2. The highest BCUT2D eigenvalue weighted by Crippen LogP contribution is 2.14. The van der Waals surface area contributed by atoms with E-state index < -0.39 is 0 Å². The van der Waals surface area contributed by atoms with Crippen molar-refractivity contribution in [3.05, 3.63) is 68.1 Å². The zero-order valence-electron chi connectivity index (χ0n) is 14.1. The van der Waals surface area contributed by atoms with E-state index >= 15 is 0 Å². The molecule has 0 spiro atoms. The second kappa shape index (κ2) is 8.48. The maximum Gasteiger partial charge on any atom is 0.253 e. The van der Waals surface area contributed by atoms with E-state index in [1.807, 2.05) is 13.0 Å². The normalized spacial score (nSPS) is 10.4. The molecule has 132 valence electrons. The first kappa shape index (κ1) is 18.7. The van der Waals surface area contributed by atoms with Gasteiger partial charge in [-0.05, 0) is 37.6 Å². The van der Waals surface area contributed by atoms with Crippen LogP contribution in [0.25, 0.3) is 0 Å². The highest BCUT2D eigenvalue weighted by Gasteiger charge is 2.11. The molecule has 0 aliphatic rings. The lowest BCUT2D eigenvalue weighted by Crippen LogP contribution is -2.32. The lowest BCUT2D eigenvalue weighted by molar-refractivity contribution is -0.121. The predicted octanol–water partition coefficient (Wildman–Crippen LogP) is 2.08. The molecular weight excluding hydrogens is 342 g/mol. The topological polar surface area (TPSA) is 91.1 Å². The molecule has 2 rings (SSSR count). The lowest BCUT2D eigenvalue weighted by Gasteiger charge is -2.09. The van der Waals surface area contributed by atoms with Crippen LogP contribution in [0, 0.1) is 13.8 Å². The Balaban J connectivity index is 1.81. The van der Waals surface area contributed by atoms with E-state index in [9.17, 15) is 14.4 Å². The molecule has 25 heavy (non-hydrogen) atoms. The van der Waals surface area contributed by atoms with Crippen LogP contribution in [-0.2, 0) is 11.3 Å². The van der Waals surface area contributed by atoms with Gasteiger partial charge in [0.05, 0.1) is 10.6 Å². The SMILES string of the molecule is Cc1cc(C)c(CNC(=O)CCNC(=O)c2ccccc2Cl)c(=O)[nH]1. The Morgan fingerprint density at radius 1 is 1.16 bits per heavy atom. The number of carbonyl (C=O) groups is 2. The molecule has 0 saturated carbocycles. The summed E-state index contributed by atoms with van der Waals surface area (Å²) in [5.74, 6) is -0.581. The van der Waals surface area contributed by atoms with Crippen molar-refractivity contribution in [2.75, 3.05) is 6.54 Å². The van der Waals surface area contributed by atoms with Crippen LogP contribution < -0.4 is 16.2 Å². The van der Waals surface area contributed by atoms with Crippen molar-refractivity contribution in [2.45, 2.75) is 26.8 Å². The number of hydrogen-bond acceptors (Lipinski definition) is 3. The Labute approximate surface area is 150 Å². The predicted molar refractivity (Wildman–Crippen MR) is 96.8 cm³/mol. The van der Waals surface area contributed by atoms with Crippen LogP contribution in [0.1, 0.15) is 33.6 Å². The minimum Gasteiger partial charge on any atom is -0.352 e. The zero-order valence-corrected chi connectivity index (χ0v) is 14.9. The average molecular weight is 362 g/mol. The van der Waals surface area contributed by atoms with E-state index in [0.29, 0.717) is 16.1 Å². The number of aryl methyl sites for hydroxylation is 2. The quantitative estimate of drug-likeness (QED) is 0.735. The molecule has 0 unspecified atom stereocenters. The molecule has 0 radical (unpaired) electrons. The fourth-order valence-corrected chi connectivity index (χ4v) is 2.63. The summed E-state index contributed by atoms with van der Waals surface area (Å²) in [5.41, 5.74) is 2.30. The third kappa shape index (κ3) is 5.19. The van der Waals surface area contributed by atoms with E-state index in [-0.39, 0.29) is 36.9 Å². The molecule has 0 saturated heterocycles. The molecule has 1 aromatic heterocycles. The van der Waals surface area contributed by atoms with Crippen molar-refractivity contribution in [2.24, 2.45) is 0 Å². The molecule has 7 heteroatoms. The number of benzene rings is 1. The number of rotatable bonds is 6. The van der Waals surface area contributed by atoms with Gasteiger partial charge in [-0.3, -0.25) is 14.4 Å². The Bertz CT molecular complexity index is 846. The van der Waals surface area contributed by atoms with E-state index in [1.54, 1.807) is 31.2 Å². The van der Waals surface area contributed by atoms with Gasteiger partial charge in [-0.2, -0.15) is 0 Å². The summed E-state index contributed by atoms with van der Waals surface area (Å²) < 4.78 is 0. The molecular formula is C18H20ClN3O3. The van der Waals surface area contributed by atoms with Crippen LogP contribution >= 0.6 is 11.6 Å². The van der Waals surface area contributed by atoms with E-state index in [4.69, 9.17) is 11.6 Å². The van der Waals surface area contributed by atoms with Gasteiger partial charge in [-0.15, -0.1) is 0 Å². The van der Waals surface area contributed by atoms with E-state index in [2.05, 4.69) is 15.6 Å². The maximum atomic E-state index is 12.0. The molecule has 0 atom stereocenters. The van der Waals surface area contributed by atoms with Crippen molar-refractivity contribution < 1.29 is 9.59 Å². The number of aromatic amines is 1. The fraction of sp³-hybridized carbons (Fsp3) is 0.278. The van der Waals surface area contributed by atoms with E-state index in [0.717, 1.165) is 11.3 Å². The number of H-pyrrole nitrogens is 1. The van der Waals surface area contributed by atoms with Gasteiger partial charge in [0.2, 0.25) is 5.91 Å². The molecule has 0 aliphatic carbocycles. The number of aromatic nitrogens is 1. The molecule has 6 nitrogen and oxygen atoms in total. The summed E-state index contributed by atoms with van der Waals surface area (Å²) in [7, 11) is 0. The van der Waals surface area contributed by atoms with Crippen LogP contribution in [0.3, 0.4) is 0 Å². The fourth-order valence-electron chi connectivity index (χ4n) is 2.41. The van der Waals surface area contributed by atoms with Gasteiger partial charge in [-0.1, -0.05) is 23.7 Å².